The monoisotopic (exact) mass is 206 g/mol. The highest BCUT2D eigenvalue weighted by Crippen LogP contribution is 2.26. The lowest BCUT2D eigenvalue weighted by atomic mass is 10.1. The zero-order chi connectivity index (χ0) is 9.56. The number of ketones is 1. The zero-order valence-corrected chi connectivity index (χ0v) is 9.93. The van der Waals surface area contributed by atoms with Gasteiger partial charge in [-0.25, -0.2) is 0 Å². The molecule has 12 heavy (non-hydrogen) atoms. The third-order valence-electron chi connectivity index (χ3n) is 1.34. The first-order valence-corrected chi connectivity index (χ1v) is 6.73. The van der Waals surface area contributed by atoms with Crippen LogP contribution in [0, 0.1) is 5.92 Å². The molecule has 0 atom stereocenters. The van der Waals surface area contributed by atoms with Gasteiger partial charge in [0, 0.05) is 23.3 Å². The molecule has 0 saturated heterocycles. The molecule has 1 nitrogen and oxygen atoms in total. The van der Waals surface area contributed by atoms with Crippen LogP contribution in [-0.2, 0) is 4.79 Å². The van der Waals surface area contributed by atoms with Crippen LogP contribution in [0.15, 0.2) is 0 Å². The summed E-state index contributed by atoms with van der Waals surface area (Å²) in [5.74, 6) is 1.54. The van der Waals surface area contributed by atoms with E-state index in [1.54, 1.807) is 10.8 Å². The molecule has 0 saturated carbocycles. The first kappa shape index (κ1) is 12.4. The van der Waals surface area contributed by atoms with Gasteiger partial charge in [-0.1, -0.05) is 49.3 Å². The van der Waals surface area contributed by atoms with Crippen LogP contribution in [0.1, 0.15) is 34.1 Å². The van der Waals surface area contributed by atoms with Gasteiger partial charge in [0.05, 0.1) is 0 Å². The molecule has 0 radical (unpaired) electrons. The van der Waals surface area contributed by atoms with E-state index in [9.17, 15) is 4.79 Å². The van der Waals surface area contributed by atoms with Gasteiger partial charge in [-0.2, -0.15) is 0 Å². The molecule has 0 aliphatic heterocycles. The number of hydrogen-bond acceptors (Lipinski definition) is 3. The van der Waals surface area contributed by atoms with Crippen LogP contribution >= 0.6 is 21.6 Å². The molecule has 0 unspecified atom stereocenters. The molecule has 0 aliphatic carbocycles. The van der Waals surface area contributed by atoms with Gasteiger partial charge in [0.1, 0.15) is 5.78 Å². The molecule has 3 heteroatoms. The van der Waals surface area contributed by atoms with E-state index in [1.165, 1.54) is 0 Å². The van der Waals surface area contributed by atoms with Crippen LogP contribution in [-0.4, -0.2) is 16.8 Å². The van der Waals surface area contributed by atoms with Gasteiger partial charge >= 0.3 is 0 Å². The van der Waals surface area contributed by atoms with Crippen molar-refractivity contribution < 1.29 is 4.79 Å². The molecule has 0 N–H and O–H groups in total. The Balaban J connectivity index is 3.26. The van der Waals surface area contributed by atoms with Crippen molar-refractivity contribution in [1.82, 2.24) is 0 Å². The Hall–Kier alpha value is 0.370. The minimum absolute atomic E-state index is 0.203. The van der Waals surface area contributed by atoms with Crippen molar-refractivity contribution in [2.75, 3.05) is 5.75 Å². The normalized spacial score (nSPS) is 11.2. The average molecular weight is 206 g/mol. The molecule has 0 fully saturated rings. The van der Waals surface area contributed by atoms with Crippen molar-refractivity contribution in [2.45, 2.75) is 39.4 Å². The maximum Gasteiger partial charge on any atom is 0.136 e. The summed E-state index contributed by atoms with van der Waals surface area (Å²) in [5, 5.41) is 0.657. The van der Waals surface area contributed by atoms with Gasteiger partial charge in [0.2, 0.25) is 0 Å². The van der Waals surface area contributed by atoms with Crippen molar-refractivity contribution in [3.05, 3.63) is 0 Å². The van der Waals surface area contributed by atoms with E-state index in [2.05, 4.69) is 13.8 Å². The van der Waals surface area contributed by atoms with E-state index in [1.807, 2.05) is 24.6 Å². The molecular formula is C9H18OS2. The van der Waals surface area contributed by atoms with Gasteiger partial charge in [-0.15, -0.1) is 0 Å². The topological polar surface area (TPSA) is 17.1 Å². The number of Topliss-reactive ketones (excluding diaryl/α,β-unsaturated/α-hetero) is 1. The summed E-state index contributed by atoms with van der Waals surface area (Å²) in [4.78, 5) is 11.2. The molecule has 72 valence electrons. The molecule has 0 aliphatic rings. The molecule has 0 bridgehead atoms. The van der Waals surface area contributed by atoms with Gasteiger partial charge in [-0.05, 0) is 0 Å². The Labute approximate surface area is 83.5 Å². The van der Waals surface area contributed by atoms with Crippen molar-refractivity contribution in [3.63, 3.8) is 0 Å². The highest BCUT2D eigenvalue weighted by molar-refractivity contribution is 8.76. The quantitative estimate of drug-likeness (QED) is 0.490. The first-order chi connectivity index (χ1) is 5.54. The first-order valence-electron chi connectivity index (χ1n) is 4.35. The Morgan fingerprint density at radius 1 is 1.25 bits per heavy atom. The second-order valence-electron chi connectivity index (χ2n) is 3.34. The number of hydrogen-bond donors (Lipinski definition) is 0. The molecular weight excluding hydrogens is 188 g/mol. The molecule has 0 aromatic heterocycles. The van der Waals surface area contributed by atoms with Gasteiger partial charge in [0.15, 0.2) is 0 Å². The summed E-state index contributed by atoms with van der Waals surface area (Å²) in [7, 11) is 3.65. The molecule has 0 rings (SSSR count). The summed E-state index contributed by atoms with van der Waals surface area (Å²) >= 11 is 0. The maximum atomic E-state index is 11.2. The van der Waals surface area contributed by atoms with E-state index in [4.69, 9.17) is 0 Å². The Morgan fingerprint density at radius 3 is 2.25 bits per heavy atom. The van der Waals surface area contributed by atoms with Gasteiger partial charge < -0.3 is 0 Å². The molecule has 0 aromatic rings. The number of carbonyl (C=O) groups excluding carboxylic acids is 1. The van der Waals surface area contributed by atoms with E-state index in [0.29, 0.717) is 11.0 Å². The lowest BCUT2D eigenvalue weighted by Crippen LogP contribution is -2.07. The molecule has 0 spiro atoms. The van der Waals surface area contributed by atoms with Crippen LogP contribution in [0.3, 0.4) is 0 Å². The van der Waals surface area contributed by atoms with E-state index in [0.717, 1.165) is 12.2 Å². The summed E-state index contributed by atoms with van der Waals surface area (Å²) < 4.78 is 0. The fourth-order valence-electron chi connectivity index (χ4n) is 0.615. The predicted molar refractivity (Wildman–Crippen MR) is 59.6 cm³/mol. The predicted octanol–water partition coefficient (Wildman–Crippen LogP) is 3.39. The number of rotatable bonds is 6. The lowest BCUT2D eigenvalue weighted by Gasteiger charge is -2.04. The summed E-state index contributed by atoms with van der Waals surface area (Å²) in [6, 6.07) is 0. The van der Waals surface area contributed by atoms with Gasteiger partial charge in [-0.3, -0.25) is 4.79 Å². The van der Waals surface area contributed by atoms with E-state index >= 15 is 0 Å². The fraction of sp³-hybridized carbons (Fsp3) is 0.889. The van der Waals surface area contributed by atoms with Crippen LogP contribution in [0.2, 0.25) is 0 Å². The third-order valence-corrected chi connectivity index (χ3v) is 4.29. The minimum atomic E-state index is 0.203. The van der Waals surface area contributed by atoms with E-state index < -0.39 is 0 Å². The minimum Gasteiger partial charge on any atom is -0.299 e. The zero-order valence-electron chi connectivity index (χ0n) is 8.29. The van der Waals surface area contributed by atoms with Crippen molar-refractivity contribution in [2.24, 2.45) is 5.92 Å². The fourth-order valence-corrected chi connectivity index (χ4v) is 2.62. The highest BCUT2D eigenvalue weighted by atomic mass is 33.1. The largest absolute Gasteiger partial charge is 0.299 e. The molecule has 0 amide bonds. The smallest absolute Gasteiger partial charge is 0.136 e. The average Bonchev–Trinajstić information content (AvgIpc) is 1.97. The summed E-state index contributed by atoms with van der Waals surface area (Å²) in [6.45, 7) is 8.26. The van der Waals surface area contributed by atoms with Crippen molar-refractivity contribution in [3.8, 4) is 0 Å². The Bertz CT molecular complexity index is 132. The van der Waals surface area contributed by atoms with Crippen molar-refractivity contribution in [1.29, 1.82) is 0 Å². The Morgan fingerprint density at radius 2 is 1.83 bits per heavy atom. The second kappa shape index (κ2) is 6.84. The number of carbonyl (C=O) groups is 1. The summed E-state index contributed by atoms with van der Waals surface area (Å²) in [5.41, 5.74) is 0. The van der Waals surface area contributed by atoms with Crippen LogP contribution in [0.4, 0.5) is 0 Å². The summed E-state index contributed by atoms with van der Waals surface area (Å²) in [6.07, 6.45) is 0.724. The molecule has 0 aromatic carbocycles. The van der Waals surface area contributed by atoms with Gasteiger partial charge in [0.25, 0.3) is 0 Å². The maximum absolute atomic E-state index is 11.2. The lowest BCUT2D eigenvalue weighted by molar-refractivity contribution is -0.121. The van der Waals surface area contributed by atoms with Crippen LogP contribution in [0.5, 0.6) is 0 Å². The van der Waals surface area contributed by atoms with Crippen molar-refractivity contribution >= 4 is 27.4 Å². The van der Waals surface area contributed by atoms with Crippen LogP contribution < -0.4 is 0 Å². The standard InChI is InChI=1S/C9H18OS2/c1-7(2)9(10)5-6-11-12-8(3)4/h7-8H,5-6H2,1-4H3. The van der Waals surface area contributed by atoms with Crippen LogP contribution in [0.25, 0.3) is 0 Å². The third kappa shape index (κ3) is 7.04. The SMILES string of the molecule is CC(C)SSCCC(=O)C(C)C. The molecule has 0 heterocycles. The highest BCUT2D eigenvalue weighted by Gasteiger charge is 2.06. The second-order valence-corrected chi connectivity index (χ2v) is 6.40. The van der Waals surface area contributed by atoms with E-state index in [-0.39, 0.29) is 5.92 Å². The Kier molecular flexibility index (Phi) is 7.05.